The smallest absolute Gasteiger partial charge is 0.379 e. The van der Waals surface area contributed by atoms with Gasteiger partial charge >= 0.3 is 6.18 Å². The molecule has 4 nitrogen and oxygen atoms in total. The summed E-state index contributed by atoms with van der Waals surface area (Å²) in [6.45, 7) is 0.844. The Morgan fingerprint density at radius 1 is 1.20 bits per heavy atom. The van der Waals surface area contributed by atoms with Gasteiger partial charge in [-0.15, -0.1) is 0 Å². The molecule has 25 heavy (non-hydrogen) atoms. The summed E-state index contributed by atoms with van der Waals surface area (Å²) in [5, 5.41) is 2.80. The zero-order valence-electron chi connectivity index (χ0n) is 13.3. The van der Waals surface area contributed by atoms with E-state index in [0.29, 0.717) is 19.6 Å². The maximum absolute atomic E-state index is 12.8. The number of nitrogens with one attached hydrogen (secondary N) is 1. The van der Waals surface area contributed by atoms with Gasteiger partial charge in [0, 0.05) is 23.9 Å². The average Bonchev–Trinajstić information content (AvgIpc) is 3.02. The standard InChI is InChI=1S/C18H17F3N2O2/c19-18(20,21)15-3-1-2-13(9-15)17(24)23-16-11-25-10-14(16)8-12-4-6-22-7-5-12/h1-7,9,14,16H,8,10-11H2,(H,23,24)/t14-,16-/m1/s1. The Labute approximate surface area is 143 Å². The lowest BCUT2D eigenvalue weighted by molar-refractivity contribution is -0.137. The third-order valence-electron chi connectivity index (χ3n) is 4.21. The monoisotopic (exact) mass is 350 g/mol. The Morgan fingerprint density at radius 3 is 2.68 bits per heavy atom. The van der Waals surface area contributed by atoms with Crippen LogP contribution in [0.4, 0.5) is 13.2 Å². The quantitative estimate of drug-likeness (QED) is 0.922. The van der Waals surface area contributed by atoms with Crippen LogP contribution < -0.4 is 5.32 Å². The number of carbonyl (C=O) groups is 1. The summed E-state index contributed by atoms with van der Waals surface area (Å²) in [6, 6.07) is 7.96. The molecular weight excluding hydrogens is 333 g/mol. The summed E-state index contributed by atoms with van der Waals surface area (Å²) in [5.74, 6) is -0.460. The largest absolute Gasteiger partial charge is 0.416 e. The lowest BCUT2D eigenvalue weighted by Gasteiger charge is -2.19. The van der Waals surface area contributed by atoms with Crippen LogP contribution in [0.5, 0.6) is 0 Å². The third kappa shape index (κ3) is 4.36. The molecule has 3 rings (SSSR count). The van der Waals surface area contributed by atoms with Crippen molar-refractivity contribution in [3.63, 3.8) is 0 Å². The first-order valence-electron chi connectivity index (χ1n) is 7.88. The van der Waals surface area contributed by atoms with Crippen molar-refractivity contribution in [3.05, 3.63) is 65.5 Å². The van der Waals surface area contributed by atoms with E-state index in [1.807, 2.05) is 12.1 Å². The first-order chi connectivity index (χ1) is 11.9. The first-order valence-corrected chi connectivity index (χ1v) is 7.88. The van der Waals surface area contributed by atoms with Gasteiger partial charge in [-0.3, -0.25) is 9.78 Å². The van der Waals surface area contributed by atoms with Gasteiger partial charge in [0.25, 0.3) is 5.91 Å². The van der Waals surface area contributed by atoms with E-state index in [4.69, 9.17) is 4.74 Å². The third-order valence-corrected chi connectivity index (χ3v) is 4.21. The lowest BCUT2D eigenvalue weighted by atomic mass is 9.95. The summed E-state index contributed by atoms with van der Waals surface area (Å²) in [5.41, 5.74) is 0.226. The van der Waals surface area contributed by atoms with Crippen molar-refractivity contribution >= 4 is 5.91 Å². The fourth-order valence-electron chi connectivity index (χ4n) is 2.87. The van der Waals surface area contributed by atoms with Crippen molar-refractivity contribution in [2.45, 2.75) is 18.6 Å². The van der Waals surface area contributed by atoms with E-state index in [9.17, 15) is 18.0 Å². The second-order valence-corrected chi connectivity index (χ2v) is 6.02. The van der Waals surface area contributed by atoms with Gasteiger partial charge in [-0.1, -0.05) is 6.07 Å². The van der Waals surface area contributed by atoms with Gasteiger partial charge in [-0.2, -0.15) is 13.2 Å². The van der Waals surface area contributed by atoms with Gasteiger partial charge in [0.2, 0.25) is 0 Å². The van der Waals surface area contributed by atoms with Crippen molar-refractivity contribution in [1.82, 2.24) is 10.3 Å². The molecule has 2 atom stereocenters. The van der Waals surface area contributed by atoms with E-state index in [1.165, 1.54) is 12.1 Å². The van der Waals surface area contributed by atoms with E-state index >= 15 is 0 Å². The number of ether oxygens (including phenoxy) is 1. The Morgan fingerprint density at radius 2 is 1.96 bits per heavy atom. The highest BCUT2D eigenvalue weighted by atomic mass is 19.4. The van der Waals surface area contributed by atoms with Crippen molar-refractivity contribution in [1.29, 1.82) is 0 Å². The zero-order chi connectivity index (χ0) is 17.9. The molecule has 0 spiro atoms. The van der Waals surface area contributed by atoms with Crippen LogP contribution in [0.2, 0.25) is 0 Å². The summed E-state index contributed by atoms with van der Waals surface area (Å²) in [4.78, 5) is 16.3. The van der Waals surface area contributed by atoms with E-state index in [1.54, 1.807) is 12.4 Å². The predicted octanol–water partition coefficient (Wildman–Crippen LogP) is 3.09. The van der Waals surface area contributed by atoms with Gasteiger partial charge in [0.1, 0.15) is 0 Å². The van der Waals surface area contributed by atoms with E-state index in [2.05, 4.69) is 10.3 Å². The van der Waals surface area contributed by atoms with Crippen molar-refractivity contribution < 1.29 is 22.7 Å². The van der Waals surface area contributed by atoms with Gasteiger partial charge in [-0.05, 0) is 42.3 Å². The van der Waals surface area contributed by atoms with Crippen LogP contribution in [0.15, 0.2) is 48.8 Å². The molecule has 2 aromatic rings. The van der Waals surface area contributed by atoms with E-state index < -0.39 is 17.6 Å². The minimum absolute atomic E-state index is 0.00983. The number of hydrogen-bond acceptors (Lipinski definition) is 3. The Kier molecular flexibility index (Phi) is 5.03. The summed E-state index contributed by atoms with van der Waals surface area (Å²) >= 11 is 0. The molecule has 1 amide bonds. The number of alkyl halides is 3. The van der Waals surface area contributed by atoms with Gasteiger partial charge in [-0.25, -0.2) is 0 Å². The number of halogens is 3. The molecule has 1 fully saturated rings. The molecule has 1 N–H and O–H groups in total. The molecule has 1 aromatic heterocycles. The Bertz CT molecular complexity index is 735. The lowest BCUT2D eigenvalue weighted by Crippen LogP contribution is -2.40. The number of aromatic nitrogens is 1. The van der Waals surface area contributed by atoms with Crippen molar-refractivity contribution in [2.24, 2.45) is 5.92 Å². The van der Waals surface area contributed by atoms with Crippen LogP contribution in [0.25, 0.3) is 0 Å². The summed E-state index contributed by atoms with van der Waals surface area (Å²) in [6.07, 6.45) is -0.380. The fraction of sp³-hybridized carbons (Fsp3) is 0.333. The molecule has 0 bridgehead atoms. The molecule has 0 saturated carbocycles. The number of rotatable bonds is 4. The number of pyridine rings is 1. The van der Waals surface area contributed by atoms with E-state index in [-0.39, 0.29) is 17.5 Å². The Balaban J connectivity index is 1.68. The molecule has 0 radical (unpaired) electrons. The highest BCUT2D eigenvalue weighted by molar-refractivity contribution is 5.94. The topological polar surface area (TPSA) is 51.2 Å². The van der Waals surface area contributed by atoms with Crippen LogP contribution in [-0.4, -0.2) is 30.1 Å². The maximum Gasteiger partial charge on any atom is 0.416 e. The summed E-state index contributed by atoms with van der Waals surface area (Å²) in [7, 11) is 0. The van der Waals surface area contributed by atoms with Crippen LogP contribution >= 0.6 is 0 Å². The minimum Gasteiger partial charge on any atom is -0.379 e. The van der Waals surface area contributed by atoms with Crippen LogP contribution in [0.1, 0.15) is 21.5 Å². The highest BCUT2D eigenvalue weighted by Gasteiger charge is 2.32. The first kappa shape index (κ1) is 17.4. The molecule has 132 valence electrons. The molecule has 1 saturated heterocycles. The molecule has 1 aliphatic heterocycles. The van der Waals surface area contributed by atoms with Gasteiger partial charge in [0.05, 0.1) is 24.8 Å². The normalized spacial score (nSPS) is 20.4. The highest BCUT2D eigenvalue weighted by Crippen LogP contribution is 2.29. The van der Waals surface area contributed by atoms with Crippen LogP contribution in [-0.2, 0) is 17.3 Å². The number of amides is 1. The molecule has 0 unspecified atom stereocenters. The second kappa shape index (κ2) is 7.23. The number of hydrogen-bond donors (Lipinski definition) is 1. The molecule has 1 aliphatic rings. The predicted molar refractivity (Wildman–Crippen MR) is 84.9 cm³/mol. The van der Waals surface area contributed by atoms with Gasteiger partial charge in [0.15, 0.2) is 0 Å². The number of nitrogens with zero attached hydrogens (tertiary/aromatic N) is 1. The molecule has 2 heterocycles. The zero-order valence-corrected chi connectivity index (χ0v) is 13.3. The maximum atomic E-state index is 12.8. The molecule has 1 aromatic carbocycles. The van der Waals surface area contributed by atoms with E-state index in [0.717, 1.165) is 17.7 Å². The Hall–Kier alpha value is -2.41. The van der Waals surface area contributed by atoms with Crippen LogP contribution in [0, 0.1) is 5.92 Å². The number of benzene rings is 1. The molecule has 0 aliphatic carbocycles. The molecule has 7 heteroatoms. The van der Waals surface area contributed by atoms with Gasteiger partial charge < -0.3 is 10.1 Å². The number of carbonyl (C=O) groups excluding carboxylic acids is 1. The fourth-order valence-corrected chi connectivity index (χ4v) is 2.87. The second-order valence-electron chi connectivity index (χ2n) is 6.02. The minimum atomic E-state index is -4.48. The summed E-state index contributed by atoms with van der Waals surface area (Å²) < 4.78 is 43.8. The molecular formula is C18H17F3N2O2. The van der Waals surface area contributed by atoms with Crippen LogP contribution in [0.3, 0.4) is 0 Å². The van der Waals surface area contributed by atoms with Crippen molar-refractivity contribution in [2.75, 3.05) is 13.2 Å². The van der Waals surface area contributed by atoms with Crippen molar-refractivity contribution in [3.8, 4) is 0 Å². The average molecular weight is 350 g/mol. The SMILES string of the molecule is O=C(N[C@@H]1COC[C@H]1Cc1ccncc1)c1cccc(C(F)(F)F)c1.